The maximum Gasteiger partial charge on any atom is 0.271 e. The lowest BCUT2D eigenvalue weighted by atomic mass is 9.87. The van der Waals surface area contributed by atoms with Gasteiger partial charge in [-0.2, -0.15) is 0 Å². The lowest BCUT2D eigenvalue weighted by Gasteiger charge is -2.17. The van der Waals surface area contributed by atoms with Crippen LogP contribution in [0.5, 0.6) is 0 Å². The van der Waals surface area contributed by atoms with E-state index in [9.17, 15) is 9.59 Å². The van der Waals surface area contributed by atoms with E-state index >= 15 is 0 Å². The lowest BCUT2D eigenvalue weighted by molar-refractivity contribution is 0.0939. The first-order valence-corrected chi connectivity index (χ1v) is 6.68. The minimum atomic E-state index is -0.113. The first-order chi connectivity index (χ1) is 9.28. The Kier molecular flexibility index (Phi) is 3.66. The normalized spacial score (nSPS) is 11.6. The number of H-pyrrole nitrogens is 1. The predicted molar refractivity (Wildman–Crippen MR) is 79.5 cm³/mol. The molecule has 0 aliphatic carbocycles. The molecule has 4 heteroatoms. The Morgan fingerprint density at radius 3 is 2.45 bits per heavy atom. The number of nitrogens with one attached hydrogen (secondary N) is 1. The highest BCUT2D eigenvalue weighted by molar-refractivity contribution is 5.98. The molecule has 0 atom stereocenters. The molecule has 1 N–H and O–H groups in total. The first-order valence-electron chi connectivity index (χ1n) is 6.68. The molecule has 4 nitrogen and oxygen atoms in total. The zero-order chi connectivity index (χ0) is 14.9. The van der Waals surface area contributed by atoms with E-state index in [0.717, 1.165) is 16.8 Å². The third-order valence-electron chi connectivity index (χ3n) is 3.11. The number of aromatic nitrogens is 2. The van der Waals surface area contributed by atoms with Gasteiger partial charge in [-0.05, 0) is 36.1 Å². The second kappa shape index (κ2) is 5.12. The molecule has 2 rings (SSSR count). The van der Waals surface area contributed by atoms with E-state index in [1.807, 2.05) is 33.8 Å². The number of benzene rings is 1. The van der Waals surface area contributed by atoms with Crippen LogP contribution in [0.25, 0.3) is 5.69 Å². The van der Waals surface area contributed by atoms with Crippen molar-refractivity contribution >= 4 is 5.78 Å². The van der Waals surface area contributed by atoms with Crippen LogP contribution in [0.15, 0.2) is 35.3 Å². The van der Waals surface area contributed by atoms with Crippen LogP contribution >= 0.6 is 0 Å². The van der Waals surface area contributed by atoms with Crippen molar-refractivity contribution in [3.8, 4) is 5.69 Å². The van der Waals surface area contributed by atoms with Crippen molar-refractivity contribution in [1.29, 1.82) is 0 Å². The van der Waals surface area contributed by atoms with Crippen LogP contribution in [0.4, 0.5) is 0 Å². The number of carbonyl (C=O) groups is 1. The van der Waals surface area contributed by atoms with Gasteiger partial charge >= 0.3 is 0 Å². The van der Waals surface area contributed by atoms with E-state index in [0.29, 0.717) is 6.42 Å². The molecule has 106 valence electrons. The summed E-state index contributed by atoms with van der Waals surface area (Å²) >= 11 is 0. The molecule has 0 bridgehead atoms. The van der Waals surface area contributed by atoms with Crippen molar-refractivity contribution in [2.45, 2.75) is 34.1 Å². The number of rotatable bonds is 3. The summed E-state index contributed by atoms with van der Waals surface area (Å²) in [6.45, 7) is 8.04. The van der Waals surface area contributed by atoms with Gasteiger partial charge in [0.05, 0.1) is 5.69 Å². The Morgan fingerprint density at radius 2 is 1.95 bits per heavy atom. The van der Waals surface area contributed by atoms with E-state index in [1.54, 1.807) is 18.3 Å². The van der Waals surface area contributed by atoms with Crippen LogP contribution in [0.3, 0.4) is 0 Å². The fourth-order valence-corrected chi connectivity index (χ4v) is 2.20. The summed E-state index contributed by atoms with van der Waals surface area (Å²) in [4.78, 5) is 23.9. The molecule has 1 heterocycles. The fraction of sp³-hybridized carbons (Fsp3) is 0.375. The smallest absolute Gasteiger partial charge is 0.271 e. The van der Waals surface area contributed by atoms with Crippen molar-refractivity contribution in [3.63, 3.8) is 0 Å². The Bertz CT molecular complexity index is 687. The predicted octanol–water partition coefficient (Wildman–Crippen LogP) is 3.09. The second-order valence-electron chi connectivity index (χ2n) is 6.30. The fourth-order valence-electron chi connectivity index (χ4n) is 2.20. The third kappa shape index (κ3) is 3.07. The van der Waals surface area contributed by atoms with Gasteiger partial charge in [0.2, 0.25) is 0 Å². The van der Waals surface area contributed by atoms with Crippen LogP contribution in [0.1, 0.15) is 43.1 Å². The van der Waals surface area contributed by atoms with Crippen molar-refractivity contribution < 1.29 is 4.79 Å². The Balaban J connectivity index is 2.34. The maximum atomic E-state index is 12.3. The highest BCUT2D eigenvalue weighted by Gasteiger charge is 2.18. The summed E-state index contributed by atoms with van der Waals surface area (Å²) in [6.07, 6.45) is 2.10. The summed E-state index contributed by atoms with van der Waals surface area (Å²) in [5.41, 5.74) is 2.21. The molecular weight excluding hydrogens is 252 g/mol. The summed E-state index contributed by atoms with van der Waals surface area (Å²) < 4.78 is 1.45. The van der Waals surface area contributed by atoms with E-state index < -0.39 is 0 Å². The molecule has 0 radical (unpaired) electrons. The van der Waals surface area contributed by atoms with Crippen molar-refractivity contribution in [2.24, 2.45) is 5.41 Å². The highest BCUT2D eigenvalue weighted by atomic mass is 16.1. The molecule has 1 aromatic carbocycles. The topological polar surface area (TPSA) is 54.9 Å². The molecule has 0 aliphatic rings. The van der Waals surface area contributed by atoms with Crippen LogP contribution in [-0.4, -0.2) is 15.6 Å². The molecule has 0 amide bonds. The van der Waals surface area contributed by atoms with E-state index in [1.165, 1.54) is 10.7 Å². The van der Waals surface area contributed by atoms with Gasteiger partial charge in [0.25, 0.3) is 5.56 Å². The number of nitrogens with zero attached hydrogens (tertiary/aromatic N) is 1. The lowest BCUT2D eigenvalue weighted by Crippen LogP contribution is -2.16. The zero-order valence-electron chi connectivity index (χ0n) is 12.4. The van der Waals surface area contributed by atoms with Crippen molar-refractivity contribution in [1.82, 2.24) is 9.78 Å². The SMILES string of the molecule is Cc1cc(-n2[nH]ccc2=O)ccc1C(=O)CC(C)(C)C. The van der Waals surface area contributed by atoms with Gasteiger partial charge in [-0.1, -0.05) is 20.8 Å². The highest BCUT2D eigenvalue weighted by Crippen LogP contribution is 2.23. The quantitative estimate of drug-likeness (QED) is 0.873. The van der Waals surface area contributed by atoms with Crippen molar-refractivity contribution in [2.75, 3.05) is 0 Å². The van der Waals surface area contributed by atoms with Crippen LogP contribution in [0.2, 0.25) is 0 Å². The Hall–Kier alpha value is -2.10. The monoisotopic (exact) mass is 272 g/mol. The van der Waals surface area contributed by atoms with E-state index in [2.05, 4.69) is 5.10 Å². The van der Waals surface area contributed by atoms with E-state index in [4.69, 9.17) is 0 Å². The number of aromatic amines is 1. The largest absolute Gasteiger partial charge is 0.298 e. The third-order valence-corrected chi connectivity index (χ3v) is 3.11. The molecule has 20 heavy (non-hydrogen) atoms. The van der Waals surface area contributed by atoms with Gasteiger partial charge in [-0.3, -0.25) is 14.7 Å². The summed E-state index contributed by atoms with van der Waals surface area (Å²) in [6, 6.07) is 6.91. The molecule has 0 aliphatic heterocycles. The summed E-state index contributed by atoms with van der Waals surface area (Å²) in [7, 11) is 0. The van der Waals surface area contributed by atoms with Gasteiger partial charge in [0.15, 0.2) is 5.78 Å². The van der Waals surface area contributed by atoms with Gasteiger partial charge in [0, 0.05) is 24.2 Å². The molecule has 0 saturated carbocycles. The van der Waals surface area contributed by atoms with Crippen molar-refractivity contribution in [3.05, 3.63) is 51.9 Å². The number of hydrogen-bond donors (Lipinski definition) is 1. The number of carbonyl (C=O) groups excluding carboxylic acids is 1. The van der Waals surface area contributed by atoms with Crippen LogP contribution < -0.4 is 5.56 Å². The van der Waals surface area contributed by atoms with Crippen LogP contribution in [-0.2, 0) is 0 Å². The summed E-state index contributed by atoms with van der Waals surface area (Å²) in [5.74, 6) is 0.139. The molecular formula is C16H20N2O2. The standard InChI is InChI=1S/C16H20N2O2/c1-11-9-12(18-15(20)7-8-17-18)5-6-13(11)14(19)10-16(2,3)4/h5-9,17H,10H2,1-4H3. The summed E-state index contributed by atoms with van der Waals surface area (Å²) in [5, 5.41) is 2.86. The Morgan fingerprint density at radius 1 is 1.25 bits per heavy atom. The second-order valence-corrected chi connectivity index (χ2v) is 6.30. The average molecular weight is 272 g/mol. The molecule has 0 unspecified atom stereocenters. The Labute approximate surface area is 118 Å². The number of ketones is 1. The zero-order valence-corrected chi connectivity index (χ0v) is 12.4. The molecule has 1 aromatic heterocycles. The van der Waals surface area contributed by atoms with Gasteiger partial charge in [-0.15, -0.1) is 0 Å². The molecule has 0 fully saturated rings. The van der Waals surface area contributed by atoms with Crippen LogP contribution in [0, 0.1) is 12.3 Å². The van der Waals surface area contributed by atoms with Gasteiger partial charge < -0.3 is 0 Å². The minimum Gasteiger partial charge on any atom is -0.298 e. The van der Waals surface area contributed by atoms with Gasteiger partial charge in [-0.25, -0.2) is 4.68 Å². The average Bonchev–Trinajstić information content (AvgIpc) is 2.72. The maximum absolute atomic E-state index is 12.3. The first kappa shape index (κ1) is 14.3. The van der Waals surface area contributed by atoms with E-state index in [-0.39, 0.29) is 16.8 Å². The minimum absolute atomic E-state index is 0.0292. The van der Waals surface area contributed by atoms with Gasteiger partial charge in [0.1, 0.15) is 0 Å². The number of Topliss-reactive ketones (excluding diaryl/α,β-unsaturated/α-hetero) is 1. The molecule has 0 saturated heterocycles. The molecule has 0 spiro atoms. The molecule has 2 aromatic rings. The number of hydrogen-bond acceptors (Lipinski definition) is 2. The number of aryl methyl sites for hydroxylation is 1.